The van der Waals surface area contributed by atoms with Crippen molar-refractivity contribution in [1.29, 1.82) is 0 Å². The topological polar surface area (TPSA) is 129 Å². The fourth-order valence-electron chi connectivity index (χ4n) is 7.24. The maximum atomic E-state index is 13.6. The molecule has 2 heterocycles. The van der Waals surface area contributed by atoms with Gasteiger partial charge in [0.2, 0.25) is 6.29 Å². The Kier molecular flexibility index (Phi) is 6.40. The van der Waals surface area contributed by atoms with Crippen LogP contribution in [0.3, 0.4) is 0 Å². The van der Waals surface area contributed by atoms with E-state index >= 15 is 0 Å². The second-order valence-corrected chi connectivity index (χ2v) is 10.6. The summed E-state index contributed by atoms with van der Waals surface area (Å²) in [5, 5.41) is 23.0. The van der Waals surface area contributed by atoms with Crippen molar-refractivity contribution >= 4 is 17.7 Å². The van der Waals surface area contributed by atoms with Gasteiger partial charge in [0.1, 0.15) is 12.7 Å². The van der Waals surface area contributed by atoms with Crippen molar-refractivity contribution < 1.29 is 43.5 Å². The number of fused-ring (bicyclic) bond motifs is 2. The second kappa shape index (κ2) is 8.59. The SMILES string of the molecule is CC(=O)OC[C@@]12[C@H](CCC[C@@]1(C)O)[C@@]1(C[C@@H]([C@@H]3CCOC3)O[C@H]1OC(C)=O)C(C)C(=O)[C@@H]2O. The number of rotatable bonds is 4. The highest BCUT2D eigenvalue weighted by atomic mass is 16.7. The molecule has 186 valence electrons. The van der Waals surface area contributed by atoms with Crippen molar-refractivity contribution in [2.45, 2.75) is 83.9 Å². The van der Waals surface area contributed by atoms with Crippen LogP contribution >= 0.6 is 0 Å². The quantitative estimate of drug-likeness (QED) is 0.588. The van der Waals surface area contributed by atoms with Crippen LogP contribution in [0.25, 0.3) is 0 Å². The van der Waals surface area contributed by atoms with Crippen LogP contribution in [0, 0.1) is 28.6 Å². The molecule has 1 unspecified atom stereocenters. The van der Waals surface area contributed by atoms with E-state index in [1.807, 2.05) is 0 Å². The molecule has 2 aliphatic heterocycles. The van der Waals surface area contributed by atoms with Crippen molar-refractivity contribution in [3.63, 3.8) is 0 Å². The summed E-state index contributed by atoms with van der Waals surface area (Å²) in [6, 6.07) is 0. The van der Waals surface area contributed by atoms with Gasteiger partial charge in [0.25, 0.3) is 0 Å². The van der Waals surface area contributed by atoms with Gasteiger partial charge in [0.05, 0.1) is 23.7 Å². The third-order valence-corrected chi connectivity index (χ3v) is 8.99. The van der Waals surface area contributed by atoms with Crippen LogP contribution in [0.4, 0.5) is 0 Å². The van der Waals surface area contributed by atoms with Crippen molar-refractivity contribution in [3.8, 4) is 0 Å². The van der Waals surface area contributed by atoms with Gasteiger partial charge in [-0.1, -0.05) is 13.3 Å². The molecule has 1 spiro atoms. The standard InChI is InChI=1S/C24H36O9/c1-13-19(27)20(28)24(12-31-14(2)25)18(6-5-8-22(24,4)29)23(13)10-17(16-7-9-30-11-16)33-21(23)32-15(3)26/h13,16-18,20-21,28-29H,5-12H2,1-4H3/t13?,16-,17+,18-,20+,21-,22-,23-,24+/m1/s1. The number of ether oxygens (including phenoxy) is 4. The van der Waals surface area contributed by atoms with E-state index in [0.29, 0.717) is 38.9 Å². The Bertz CT molecular complexity index is 804. The van der Waals surface area contributed by atoms with Gasteiger partial charge in [-0.3, -0.25) is 14.4 Å². The van der Waals surface area contributed by atoms with Gasteiger partial charge in [-0.25, -0.2) is 0 Å². The van der Waals surface area contributed by atoms with E-state index in [1.165, 1.54) is 13.8 Å². The lowest BCUT2D eigenvalue weighted by atomic mass is 9.41. The lowest BCUT2D eigenvalue weighted by Crippen LogP contribution is -2.73. The third-order valence-electron chi connectivity index (χ3n) is 8.99. The predicted molar refractivity (Wildman–Crippen MR) is 114 cm³/mol. The number of esters is 2. The van der Waals surface area contributed by atoms with Gasteiger partial charge >= 0.3 is 11.9 Å². The molecule has 9 nitrogen and oxygen atoms in total. The van der Waals surface area contributed by atoms with Gasteiger partial charge in [-0.05, 0) is 38.5 Å². The molecule has 33 heavy (non-hydrogen) atoms. The van der Waals surface area contributed by atoms with E-state index < -0.39 is 58.4 Å². The molecule has 4 fully saturated rings. The monoisotopic (exact) mass is 468 g/mol. The van der Waals surface area contributed by atoms with Crippen LogP contribution in [0.1, 0.15) is 59.8 Å². The van der Waals surface area contributed by atoms with Gasteiger partial charge in [0, 0.05) is 37.7 Å². The molecular weight excluding hydrogens is 432 g/mol. The van der Waals surface area contributed by atoms with Crippen LogP contribution in [-0.4, -0.2) is 71.9 Å². The van der Waals surface area contributed by atoms with Crippen LogP contribution in [-0.2, 0) is 33.3 Å². The number of carbonyl (C=O) groups is 3. The number of aliphatic hydroxyl groups excluding tert-OH is 1. The Hall–Kier alpha value is -1.55. The summed E-state index contributed by atoms with van der Waals surface area (Å²) in [7, 11) is 0. The second-order valence-electron chi connectivity index (χ2n) is 10.6. The summed E-state index contributed by atoms with van der Waals surface area (Å²) in [4.78, 5) is 37.5. The predicted octanol–water partition coefficient (Wildman–Crippen LogP) is 1.37. The molecule has 2 aliphatic carbocycles. The molecule has 2 saturated heterocycles. The molecule has 0 aromatic rings. The van der Waals surface area contributed by atoms with Crippen LogP contribution < -0.4 is 0 Å². The highest BCUT2D eigenvalue weighted by molar-refractivity contribution is 5.88. The lowest BCUT2D eigenvalue weighted by Gasteiger charge is -2.64. The first kappa shape index (κ1) is 24.6. The zero-order chi connectivity index (χ0) is 24.2. The van der Waals surface area contributed by atoms with E-state index in [9.17, 15) is 24.6 Å². The first-order chi connectivity index (χ1) is 15.5. The average Bonchev–Trinajstić information content (AvgIpc) is 3.38. The molecular formula is C24H36O9. The maximum absolute atomic E-state index is 13.6. The Morgan fingerprint density at radius 1 is 1.21 bits per heavy atom. The van der Waals surface area contributed by atoms with Crippen LogP contribution in [0.15, 0.2) is 0 Å². The Balaban J connectivity index is 1.86. The average molecular weight is 469 g/mol. The van der Waals surface area contributed by atoms with Gasteiger partial charge in [0.15, 0.2) is 5.78 Å². The summed E-state index contributed by atoms with van der Waals surface area (Å²) in [5.41, 5.74) is -3.90. The van der Waals surface area contributed by atoms with E-state index in [2.05, 4.69) is 0 Å². The highest BCUT2D eigenvalue weighted by Crippen LogP contribution is 2.67. The number of aliphatic hydroxyl groups is 2. The minimum atomic E-state index is -1.52. The van der Waals surface area contributed by atoms with Crippen LogP contribution in [0.5, 0.6) is 0 Å². The number of hydrogen-bond acceptors (Lipinski definition) is 9. The molecule has 4 aliphatic rings. The third kappa shape index (κ3) is 3.63. The summed E-state index contributed by atoms with van der Waals surface area (Å²) >= 11 is 0. The summed E-state index contributed by atoms with van der Waals surface area (Å²) < 4.78 is 23.0. The molecule has 2 N–H and O–H groups in total. The van der Waals surface area contributed by atoms with Crippen molar-refractivity contribution in [2.75, 3.05) is 19.8 Å². The fraction of sp³-hybridized carbons (Fsp3) is 0.875. The Morgan fingerprint density at radius 2 is 1.94 bits per heavy atom. The first-order valence-corrected chi connectivity index (χ1v) is 12.0. The molecule has 0 aromatic carbocycles. The smallest absolute Gasteiger partial charge is 0.304 e. The minimum absolute atomic E-state index is 0.101. The van der Waals surface area contributed by atoms with Crippen molar-refractivity contribution in [3.05, 3.63) is 0 Å². The van der Waals surface area contributed by atoms with Gasteiger partial charge in [-0.15, -0.1) is 0 Å². The number of Topliss-reactive ketones (excluding diaryl/α,β-unsaturated/α-hetero) is 1. The van der Waals surface area contributed by atoms with Crippen LogP contribution in [0.2, 0.25) is 0 Å². The first-order valence-electron chi connectivity index (χ1n) is 12.0. The lowest BCUT2D eigenvalue weighted by molar-refractivity contribution is -0.281. The molecule has 0 amide bonds. The van der Waals surface area contributed by atoms with Gasteiger partial charge in [-0.2, -0.15) is 0 Å². The normalized spacial score (nSPS) is 47.4. The van der Waals surface area contributed by atoms with E-state index in [-0.39, 0.29) is 18.6 Å². The Labute approximate surface area is 194 Å². The summed E-state index contributed by atoms with van der Waals surface area (Å²) in [5.74, 6) is -2.60. The maximum Gasteiger partial charge on any atom is 0.304 e. The fourth-order valence-corrected chi connectivity index (χ4v) is 7.24. The molecule has 0 bridgehead atoms. The van der Waals surface area contributed by atoms with E-state index in [1.54, 1.807) is 13.8 Å². The minimum Gasteiger partial charge on any atom is -0.465 e. The molecule has 9 atom stereocenters. The van der Waals surface area contributed by atoms with Gasteiger partial charge < -0.3 is 29.2 Å². The number of ketones is 1. The van der Waals surface area contributed by atoms with E-state index in [0.717, 1.165) is 6.42 Å². The number of hydrogen-bond donors (Lipinski definition) is 2. The molecule has 9 heteroatoms. The molecule has 0 radical (unpaired) electrons. The molecule has 4 rings (SSSR count). The highest BCUT2D eigenvalue weighted by Gasteiger charge is 2.75. The van der Waals surface area contributed by atoms with Crippen molar-refractivity contribution in [2.24, 2.45) is 28.6 Å². The summed E-state index contributed by atoms with van der Waals surface area (Å²) in [6.45, 7) is 6.76. The molecule has 2 saturated carbocycles. The van der Waals surface area contributed by atoms with Crippen molar-refractivity contribution in [1.82, 2.24) is 0 Å². The number of carbonyl (C=O) groups excluding carboxylic acids is 3. The molecule has 0 aromatic heterocycles. The zero-order valence-electron chi connectivity index (χ0n) is 19.9. The zero-order valence-corrected chi connectivity index (χ0v) is 19.9. The van der Waals surface area contributed by atoms with E-state index in [4.69, 9.17) is 18.9 Å². The summed E-state index contributed by atoms with van der Waals surface area (Å²) in [6.07, 6.45) is -0.0213. The largest absolute Gasteiger partial charge is 0.465 e. The Morgan fingerprint density at radius 3 is 2.55 bits per heavy atom.